The number of aliphatic hydroxyl groups is 1. The zero-order chi connectivity index (χ0) is 14.3. The van der Waals surface area contributed by atoms with Gasteiger partial charge in [0, 0.05) is 0 Å². The maximum absolute atomic E-state index is 11.7. The molecule has 1 aromatic carbocycles. The van der Waals surface area contributed by atoms with E-state index in [4.69, 9.17) is 4.74 Å². The van der Waals surface area contributed by atoms with Crippen LogP contribution in [0.5, 0.6) is 0 Å². The van der Waals surface area contributed by atoms with Crippen LogP contribution < -0.4 is 5.32 Å². The van der Waals surface area contributed by atoms with Crippen LogP contribution >= 0.6 is 0 Å². The lowest BCUT2D eigenvalue weighted by Gasteiger charge is -2.21. The van der Waals surface area contributed by atoms with Crippen LogP contribution in [-0.2, 0) is 20.7 Å². The van der Waals surface area contributed by atoms with Crippen molar-refractivity contribution >= 4 is 12.4 Å². The molecule has 1 amide bonds. The molecule has 0 heterocycles. The fourth-order valence-corrected chi connectivity index (χ4v) is 1.74. The van der Waals surface area contributed by atoms with E-state index in [1.165, 1.54) is 0 Å². The van der Waals surface area contributed by atoms with Gasteiger partial charge in [0.05, 0.1) is 6.61 Å². The van der Waals surface area contributed by atoms with Crippen molar-refractivity contribution in [1.29, 1.82) is 0 Å². The van der Waals surface area contributed by atoms with Gasteiger partial charge in [0.2, 0.25) is 6.41 Å². The van der Waals surface area contributed by atoms with Gasteiger partial charge in [0.15, 0.2) is 6.04 Å². The number of nitrogens with one attached hydrogen (secondary N) is 1. The molecule has 0 saturated heterocycles. The number of hydrogen-bond acceptors (Lipinski definition) is 4. The molecule has 0 fully saturated rings. The molecule has 0 aliphatic carbocycles. The Morgan fingerprint density at radius 2 is 2.00 bits per heavy atom. The molecule has 0 radical (unpaired) electrons. The first-order chi connectivity index (χ1) is 9.13. The first kappa shape index (κ1) is 15.2. The molecule has 5 nitrogen and oxygen atoms in total. The maximum atomic E-state index is 11.7. The Kier molecular flexibility index (Phi) is 6.02. The lowest BCUT2D eigenvalue weighted by Crippen LogP contribution is -2.42. The number of amides is 1. The van der Waals surface area contributed by atoms with Crippen LogP contribution in [0.15, 0.2) is 24.3 Å². The summed E-state index contributed by atoms with van der Waals surface area (Å²) in [5, 5.41) is 12.4. The average Bonchev–Trinajstić information content (AvgIpc) is 2.44. The predicted octanol–water partition coefficient (Wildman–Crippen LogP) is 0.960. The molecule has 0 aliphatic heterocycles. The molecule has 0 spiro atoms. The van der Waals surface area contributed by atoms with Crippen molar-refractivity contribution in [2.45, 2.75) is 32.4 Å². The highest BCUT2D eigenvalue weighted by atomic mass is 16.5. The molecule has 2 unspecified atom stereocenters. The van der Waals surface area contributed by atoms with Gasteiger partial charge in [-0.05, 0) is 24.5 Å². The molecule has 1 rings (SSSR count). The summed E-state index contributed by atoms with van der Waals surface area (Å²) < 4.78 is 4.82. The van der Waals surface area contributed by atoms with Crippen LogP contribution in [0.3, 0.4) is 0 Å². The topological polar surface area (TPSA) is 75.6 Å². The first-order valence-electron chi connectivity index (χ1n) is 6.27. The van der Waals surface area contributed by atoms with Gasteiger partial charge in [-0.2, -0.15) is 0 Å². The highest BCUT2D eigenvalue weighted by Gasteiger charge is 2.28. The van der Waals surface area contributed by atoms with Crippen LogP contribution in [0.2, 0.25) is 0 Å². The summed E-state index contributed by atoms with van der Waals surface area (Å²) in [5.41, 5.74) is 1.69. The molecule has 2 N–H and O–H groups in total. The molecule has 104 valence electrons. The molecule has 0 saturated carbocycles. The summed E-state index contributed by atoms with van der Waals surface area (Å²) >= 11 is 0. The predicted molar refractivity (Wildman–Crippen MR) is 70.4 cm³/mol. The average molecular weight is 265 g/mol. The molecular formula is C14H19NO4. The summed E-state index contributed by atoms with van der Waals surface area (Å²) in [6, 6.07) is 6.14. The standard InChI is InChI=1S/C14H19NO4/c1-3-10-5-7-11(8-6-10)13(17)12(15-9-16)14(18)19-4-2/h5-9,12-13,17H,3-4H2,1-2H3,(H,15,16). The number of aliphatic hydroxyl groups excluding tert-OH is 1. The Balaban J connectivity index is 2.87. The quantitative estimate of drug-likeness (QED) is 0.569. The minimum Gasteiger partial charge on any atom is -0.464 e. The zero-order valence-electron chi connectivity index (χ0n) is 11.1. The third-order valence-electron chi connectivity index (χ3n) is 2.83. The summed E-state index contributed by atoms with van der Waals surface area (Å²) in [7, 11) is 0. The smallest absolute Gasteiger partial charge is 0.331 e. The van der Waals surface area contributed by atoms with Crippen molar-refractivity contribution < 1.29 is 19.4 Å². The molecule has 2 atom stereocenters. The maximum Gasteiger partial charge on any atom is 0.331 e. The van der Waals surface area contributed by atoms with E-state index in [2.05, 4.69) is 5.32 Å². The number of carbonyl (C=O) groups is 2. The number of hydrogen-bond donors (Lipinski definition) is 2. The second kappa shape index (κ2) is 7.53. The van der Waals surface area contributed by atoms with E-state index in [-0.39, 0.29) is 6.61 Å². The monoisotopic (exact) mass is 265 g/mol. The van der Waals surface area contributed by atoms with E-state index < -0.39 is 18.1 Å². The van der Waals surface area contributed by atoms with Crippen molar-refractivity contribution in [2.24, 2.45) is 0 Å². The van der Waals surface area contributed by atoms with E-state index in [1.54, 1.807) is 19.1 Å². The number of rotatable bonds is 7. The molecule has 0 aliphatic rings. The Hall–Kier alpha value is -1.88. The SMILES string of the molecule is CCOC(=O)C(NC=O)C(O)c1ccc(CC)cc1. The fourth-order valence-electron chi connectivity index (χ4n) is 1.74. The number of carbonyl (C=O) groups excluding carboxylic acids is 2. The Morgan fingerprint density at radius 1 is 1.37 bits per heavy atom. The highest BCUT2D eigenvalue weighted by Crippen LogP contribution is 2.18. The zero-order valence-corrected chi connectivity index (χ0v) is 11.1. The van der Waals surface area contributed by atoms with Crippen molar-refractivity contribution in [3.05, 3.63) is 35.4 Å². The van der Waals surface area contributed by atoms with Crippen LogP contribution in [0.4, 0.5) is 0 Å². The minimum atomic E-state index is -1.13. The molecule has 1 aromatic rings. The third kappa shape index (κ3) is 4.06. The van der Waals surface area contributed by atoms with E-state index in [9.17, 15) is 14.7 Å². The third-order valence-corrected chi connectivity index (χ3v) is 2.83. The van der Waals surface area contributed by atoms with E-state index in [0.717, 1.165) is 12.0 Å². The number of aryl methyl sites for hydroxylation is 1. The lowest BCUT2D eigenvalue weighted by atomic mass is 10.0. The largest absolute Gasteiger partial charge is 0.464 e. The van der Waals surface area contributed by atoms with Gasteiger partial charge in [-0.25, -0.2) is 4.79 Å². The van der Waals surface area contributed by atoms with Crippen LogP contribution in [0, 0.1) is 0 Å². The first-order valence-corrected chi connectivity index (χ1v) is 6.27. The normalized spacial score (nSPS) is 13.4. The molecule has 5 heteroatoms. The van der Waals surface area contributed by atoms with Crippen molar-refractivity contribution in [2.75, 3.05) is 6.61 Å². The van der Waals surface area contributed by atoms with Crippen LogP contribution in [0.1, 0.15) is 31.1 Å². The van der Waals surface area contributed by atoms with Crippen LogP contribution in [-0.4, -0.2) is 30.1 Å². The summed E-state index contributed by atoms with van der Waals surface area (Å²) in [6.07, 6.45) is 0.144. The second-order valence-corrected chi connectivity index (χ2v) is 4.05. The molecule has 0 aromatic heterocycles. The second-order valence-electron chi connectivity index (χ2n) is 4.05. The van der Waals surface area contributed by atoms with Gasteiger partial charge in [-0.3, -0.25) is 4.79 Å². The van der Waals surface area contributed by atoms with E-state index in [0.29, 0.717) is 12.0 Å². The summed E-state index contributed by atoms with van der Waals surface area (Å²) in [6.45, 7) is 3.89. The van der Waals surface area contributed by atoms with E-state index >= 15 is 0 Å². The van der Waals surface area contributed by atoms with Gasteiger partial charge in [-0.15, -0.1) is 0 Å². The van der Waals surface area contributed by atoms with Gasteiger partial charge >= 0.3 is 5.97 Å². The molecule has 19 heavy (non-hydrogen) atoms. The summed E-state index contributed by atoms with van der Waals surface area (Å²) in [5.74, 6) is -0.651. The van der Waals surface area contributed by atoms with Gasteiger partial charge in [0.25, 0.3) is 0 Å². The number of benzene rings is 1. The van der Waals surface area contributed by atoms with Gasteiger partial charge in [0.1, 0.15) is 6.10 Å². The number of ether oxygens (including phenoxy) is 1. The molecular weight excluding hydrogens is 246 g/mol. The van der Waals surface area contributed by atoms with Gasteiger partial charge in [-0.1, -0.05) is 31.2 Å². The van der Waals surface area contributed by atoms with Crippen molar-refractivity contribution in [3.63, 3.8) is 0 Å². The van der Waals surface area contributed by atoms with Crippen molar-refractivity contribution in [1.82, 2.24) is 5.32 Å². The Labute approximate surface area is 112 Å². The highest BCUT2D eigenvalue weighted by molar-refractivity contribution is 5.79. The van der Waals surface area contributed by atoms with Gasteiger partial charge < -0.3 is 15.2 Å². The Bertz CT molecular complexity index is 416. The minimum absolute atomic E-state index is 0.192. The van der Waals surface area contributed by atoms with Crippen LogP contribution in [0.25, 0.3) is 0 Å². The summed E-state index contributed by atoms with van der Waals surface area (Å²) in [4.78, 5) is 22.2. The number of esters is 1. The Morgan fingerprint density at radius 3 is 2.47 bits per heavy atom. The molecule has 0 bridgehead atoms. The van der Waals surface area contributed by atoms with E-state index in [1.807, 2.05) is 19.1 Å². The lowest BCUT2D eigenvalue weighted by molar-refractivity contribution is -0.149. The fraction of sp³-hybridized carbons (Fsp3) is 0.429. The van der Waals surface area contributed by atoms with Crippen molar-refractivity contribution in [3.8, 4) is 0 Å².